The molecule has 1 atom stereocenters. The Labute approximate surface area is 79.5 Å². The highest BCUT2D eigenvalue weighted by molar-refractivity contribution is 14.3. The molecule has 0 heterocycles. The molecule has 0 rings (SSSR count). The summed E-state index contributed by atoms with van der Waals surface area (Å²) in [4.78, 5) is 0. The lowest BCUT2D eigenvalue weighted by Crippen LogP contribution is -2.10. The van der Waals surface area contributed by atoms with Gasteiger partial charge in [0.15, 0.2) is 3.31 Å². The fourth-order valence-corrected chi connectivity index (χ4v) is 0. The van der Waals surface area contributed by atoms with Gasteiger partial charge in [-0.15, -0.1) is 65.4 Å². The summed E-state index contributed by atoms with van der Waals surface area (Å²) in [5.74, 6) is -0.162. The van der Waals surface area contributed by atoms with E-state index in [1.807, 2.05) is 0 Å². The molecule has 0 radical (unpaired) electrons. The topological polar surface area (TPSA) is 0 Å². The van der Waals surface area contributed by atoms with Crippen molar-refractivity contribution in [2.24, 2.45) is 0 Å². The molecule has 0 fully saturated rings. The van der Waals surface area contributed by atoms with Gasteiger partial charge in [0.1, 0.15) is 5.81 Å². The minimum atomic E-state index is -0.178. The van der Waals surface area contributed by atoms with Crippen molar-refractivity contribution in [2.75, 3.05) is 0 Å². The Morgan fingerprint density at radius 1 is 1.17 bits per heavy atom. The number of halogens is 3. The van der Waals surface area contributed by atoms with E-state index in [1.54, 1.807) is 0 Å². The summed E-state index contributed by atoms with van der Waals surface area (Å²) in [5.41, 5.74) is 0. The predicted octanol–water partition coefficient (Wildman–Crippen LogP) is 1.94. The second kappa shape index (κ2) is 4.50. The molecule has 0 nitrogen and oxygen atoms in total. The van der Waals surface area contributed by atoms with Gasteiger partial charge in [0.2, 0.25) is 0 Å². The van der Waals surface area contributed by atoms with Crippen molar-refractivity contribution >= 4 is 74.5 Å². The highest BCUT2D eigenvalue weighted by Gasteiger charge is 2.07. The van der Waals surface area contributed by atoms with Gasteiger partial charge >= 0.3 is 0 Å². The summed E-state index contributed by atoms with van der Waals surface area (Å²) in [5, 5.41) is 0. The first-order valence-electron chi connectivity index (χ1n) is 1.57. The number of rotatable bonds is 1. The van der Waals surface area contributed by atoms with Gasteiger partial charge in [-0.3, -0.25) is 0 Å². The van der Waals surface area contributed by atoms with E-state index in [-0.39, 0.29) is 9.12 Å². The zero-order chi connectivity index (χ0) is 5.15. The first kappa shape index (κ1) is 8.62. The molecule has 0 aromatic heterocycles. The molecule has 38 valence electrons. The van der Waals surface area contributed by atoms with Gasteiger partial charge in [-0.2, -0.15) is 0 Å². The normalized spacial score (nSPS) is 15.5. The molecule has 0 aliphatic heterocycles. The van der Waals surface area contributed by atoms with E-state index in [0.29, 0.717) is 0 Å². The van der Waals surface area contributed by atoms with Crippen LogP contribution >= 0.6 is 65.4 Å². The van der Waals surface area contributed by atoms with Crippen molar-refractivity contribution in [3.8, 4) is 0 Å². The van der Waals surface area contributed by atoms with Crippen molar-refractivity contribution in [2.45, 2.75) is 6.55 Å². The molecule has 0 saturated carbocycles. The Bertz CT molecular complexity index is 29.8. The molecule has 5 heteroatoms. The first-order chi connectivity index (χ1) is 2.64. The third-order valence-corrected chi connectivity index (χ3v) is 53.8. The maximum absolute atomic E-state index is 2.62. The quantitative estimate of drug-likeness (QED) is 0.323. The van der Waals surface area contributed by atoms with E-state index >= 15 is 0 Å². The summed E-state index contributed by atoms with van der Waals surface area (Å²) in [6.45, 7) is 2.41. The Kier molecular flexibility index (Phi) is 6.46. The number of hydrogen-bond donors (Lipinski definition) is 0. The standard InChI is InChI=1S/CH5I3Si2/c1-5(2)6(3)4/h5-6H,1H3. The van der Waals surface area contributed by atoms with E-state index < -0.39 is 0 Å². The summed E-state index contributed by atoms with van der Waals surface area (Å²) in [6.07, 6.45) is 0. The van der Waals surface area contributed by atoms with Crippen LogP contribution in [0.2, 0.25) is 6.55 Å². The highest BCUT2D eigenvalue weighted by Crippen LogP contribution is 2.12. The van der Waals surface area contributed by atoms with Crippen molar-refractivity contribution < 1.29 is 0 Å². The average molecular weight is 454 g/mol. The molecule has 0 aliphatic rings. The fourth-order valence-electron chi connectivity index (χ4n) is 0. The third kappa shape index (κ3) is 4.77. The molecule has 1 unspecified atom stereocenters. The van der Waals surface area contributed by atoms with Gasteiger partial charge in [0, 0.05) is 0 Å². The Hall–Kier alpha value is 2.62. The Balaban J connectivity index is 2.99. The molecular formula is CH5I3Si2. The maximum atomic E-state index is 2.62. The monoisotopic (exact) mass is 454 g/mol. The van der Waals surface area contributed by atoms with Crippen LogP contribution in [0.15, 0.2) is 0 Å². The van der Waals surface area contributed by atoms with Crippen molar-refractivity contribution in [1.82, 2.24) is 0 Å². The second-order valence-corrected chi connectivity index (χ2v) is 41.3. The zero-order valence-corrected chi connectivity index (χ0v) is 12.1. The third-order valence-electron chi connectivity index (χ3n) is 0.347. The summed E-state index contributed by atoms with van der Waals surface area (Å²) in [6, 6.07) is 0. The lowest BCUT2D eigenvalue weighted by atomic mass is 11.9. The van der Waals surface area contributed by atoms with Gasteiger partial charge in [-0.25, -0.2) is 0 Å². The van der Waals surface area contributed by atoms with Crippen LogP contribution in [-0.2, 0) is 0 Å². The molecule has 0 bridgehead atoms. The molecule has 0 N–H and O–H groups in total. The average Bonchev–Trinajstić information content (AvgIpc) is 1.36. The Morgan fingerprint density at radius 2 is 1.33 bits per heavy atom. The molecule has 0 spiro atoms. The highest BCUT2D eigenvalue weighted by atomic mass is 127. The lowest BCUT2D eigenvalue weighted by Gasteiger charge is -1.94. The molecule has 6 heavy (non-hydrogen) atoms. The van der Waals surface area contributed by atoms with Gasteiger partial charge in [-0.05, 0) is 0 Å². The lowest BCUT2D eigenvalue weighted by molar-refractivity contribution is 2.36. The summed E-state index contributed by atoms with van der Waals surface area (Å²) < 4.78 is -0.178. The Morgan fingerprint density at radius 3 is 1.33 bits per heavy atom. The van der Waals surface area contributed by atoms with Crippen LogP contribution in [0.1, 0.15) is 0 Å². The smallest absolute Gasteiger partial charge is 0.125 e. The van der Waals surface area contributed by atoms with Crippen molar-refractivity contribution in [1.29, 1.82) is 0 Å². The van der Waals surface area contributed by atoms with E-state index in [2.05, 4.69) is 71.9 Å². The van der Waals surface area contributed by atoms with E-state index in [0.717, 1.165) is 0 Å². The summed E-state index contributed by atoms with van der Waals surface area (Å²) in [7, 11) is 0. The largest absolute Gasteiger partial charge is 0.176 e. The summed E-state index contributed by atoms with van der Waals surface area (Å²) >= 11 is 7.84. The minimum Gasteiger partial charge on any atom is -0.125 e. The van der Waals surface area contributed by atoms with Gasteiger partial charge in [0.05, 0.1) is 0 Å². The van der Waals surface area contributed by atoms with E-state index in [1.165, 1.54) is 0 Å². The van der Waals surface area contributed by atoms with E-state index in [4.69, 9.17) is 0 Å². The van der Waals surface area contributed by atoms with Crippen LogP contribution in [0.5, 0.6) is 0 Å². The van der Waals surface area contributed by atoms with Crippen molar-refractivity contribution in [3.63, 3.8) is 0 Å². The van der Waals surface area contributed by atoms with Gasteiger partial charge in [-0.1, -0.05) is 6.55 Å². The van der Waals surface area contributed by atoms with Crippen LogP contribution in [0.3, 0.4) is 0 Å². The molecule has 0 aliphatic carbocycles. The molecule has 0 saturated heterocycles. The van der Waals surface area contributed by atoms with Crippen molar-refractivity contribution in [3.05, 3.63) is 0 Å². The molecular weight excluding hydrogens is 449 g/mol. The van der Waals surface area contributed by atoms with Gasteiger partial charge < -0.3 is 0 Å². The maximum Gasteiger partial charge on any atom is 0.176 e. The molecule has 0 aromatic rings. The molecule has 0 aromatic carbocycles. The van der Waals surface area contributed by atoms with Crippen LogP contribution in [0, 0.1) is 0 Å². The zero-order valence-electron chi connectivity index (χ0n) is 3.29. The molecule has 0 amide bonds. The van der Waals surface area contributed by atoms with Crippen LogP contribution < -0.4 is 0 Å². The van der Waals surface area contributed by atoms with Crippen LogP contribution in [-0.4, -0.2) is 9.12 Å². The fraction of sp³-hybridized carbons (Fsp3) is 1.00. The second-order valence-electron chi connectivity index (χ2n) is 1.01. The first-order valence-corrected chi connectivity index (χ1v) is 17.9. The SMILES string of the molecule is C[SiH](I)[SiH](I)I. The minimum absolute atomic E-state index is 0.162. The predicted molar refractivity (Wildman–Crippen MR) is 62.2 cm³/mol. The van der Waals surface area contributed by atoms with Crippen LogP contribution in [0.4, 0.5) is 0 Å². The van der Waals surface area contributed by atoms with Gasteiger partial charge in [0.25, 0.3) is 0 Å². The number of hydrogen-bond acceptors (Lipinski definition) is 0. The van der Waals surface area contributed by atoms with Crippen LogP contribution in [0.25, 0.3) is 0 Å². The van der Waals surface area contributed by atoms with E-state index in [9.17, 15) is 0 Å².